The van der Waals surface area contributed by atoms with Gasteiger partial charge in [0.2, 0.25) is 0 Å². The number of hydrogen-bond acceptors (Lipinski definition) is 2. The molecule has 0 saturated carbocycles. The number of rotatable bonds is 4. The number of hydrogen-bond donors (Lipinski definition) is 0. The van der Waals surface area contributed by atoms with Crippen molar-refractivity contribution in [2.24, 2.45) is 0 Å². The Morgan fingerprint density at radius 2 is 2.06 bits per heavy atom. The highest BCUT2D eigenvalue weighted by Gasteiger charge is 2.32. The van der Waals surface area contributed by atoms with Gasteiger partial charge in [0, 0.05) is 21.9 Å². The molecule has 0 aliphatic heterocycles. The van der Waals surface area contributed by atoms with Gasteiger partial charge in [-0.1, -0.05) is 0 Å². The van der Waals surface area contributed by atoms with E-state index in [9.17, 15) is 13.2 Å². The molecule has 0 radical (unpaired) electrons. The van der Waals surface area contributed by atoms with Crippen LogP contribution in [-0.2, 0) is 6.54 Å². The van der Waals surface area contributed by atoms with E-state index in [1.165, 1.54) is 16.2 Å². The Bertz CT molecular complexity index is 335. The monoisotopic (exact) mass is 315 g/mol. The van der Waals surface area contributed by atoms with Crippen LogP contribution in [0.15, 0.2) is 15.9 Å². The molecular weight excluding hydrogens is 303 g/mol. The third kappa shape index (κ3) is 4.43. The van der Waals surface area contributed by atoms with Crippen molar-refractivity contribution in [3.05, 3.63) is 20.8 Å². The van der Waals surface area contributed by atoms with Crippen LogP contribution in [0.25, 0.3) is 0 Å². The van der Waals surface area contributed by atoms with Crippen molar-refractivity contribution in [1.29, 1.82) is 0 Å². The molecule has 92 valence electrons. The summed E-state index contributed by atoms with van der Waals surface area (Å²) < 4.78 is 37.9. The first-order chi connectivity index (χ1) is 7.29. The SMILES string of the molecule is CC(C)N(Cc1sccc1Br)CC(F)(F)F. The minimum Gasteiger partial charge on any atom is -0.287 e. The van der Waals surface area contributed by atoms with Crippen molar-refractivity contribution in [1.82, 2.24) is 4.90 Å². The summed E-state index contributed by atoms with van der Waals surface area (Å²) in [5.41, 5.74) is 0. The van der Waals surface area contributed by atoms with Crippen molar-refractivity contribution in [3.63, 3.8) is 0 Å². The van der Waals surface area contributed by atoms with E-state index in [1.54, 1.807) is 13.8 Å². The Morgan fingerprint density at radius 3 is 2.44 bits per heavy atom. The molecule has 0 saturated heterocycles. The number of nitrogens with zero attached hydrogens (tertiary/aromatic N) is 1. The van der Waals surface area contributed by atoms with Crippen LogP contribution in [0.2, 0.25) is 0 Å². The van der Waals surface area contributed by atoms with E-state index in [1.807, 2.05) is 11.4 Å². The van der Waals surface area contributed by atoms with Gasteiger partial charge in [-0.05, 0) is 41.2 Å². The van der Waals surface area contributed by atoms with Gasteiger partial charge in [0.05, 0.1) is 6.54 Å². The lowest BCUT2D eigenvalue weighted by atomic mass is 10.3. The van der Waals surface area contributed by atoms with E-state index >= 15 is 0 Å². The summed E-state index contributed by atoms with van der Waals surface area (Å²) in [6.07, 6.45) is -4.14. The molecule has 0 aromatic carbocycles. The van der Waals surface area contributed by atoms with Crippen molar-refractivity contribution >= 4 is 27.3 Å². The van der Waals surface area contributed by atoms with Gasteiger partial charge < -0.3 is 0 Å². The second-order valence-corrected chi connectivity index (χ2v) is 5.66. The first-order valence-corrected chi connectivity index (χ1v) is 6.49. The predicted molar refractivity (Wildman–Crippen MR) is 63.6 cm³/mol. The molecule has 0 amide bonds. The third-order valence-electron chi connectivity index (χ3n) is 2.15. The van der Waals surface area contributed by atoms with Gasteiger partial charge >= 0.3 is 6.18 Å². The molecule has 1 aromatic heterocycles. The van der Waals surface area contributed by atoms with Crippen molar-refractivity contribution in [2.45, 2.75) is 32.6 Å². The van der Waals surface area contributed by atoms with E-state index in [0.717, 1.165) is 9.35 Å². The average Bonchev–Trinajstić information content (AvgIpc) is 2.48. The fourth-order valence-electron chi connectivity index (χ4n) is 1.27. The summed E-state index contributed by atoms with van der Waals surface area (Å²) in [5, 5.41) is 1.87. The van der Waals surface area contributed by atoms with Crippen LogP contribution in [0.5, 0.6) is 0 Å². The Kier molecular flexibility index (Phi) is 4.82. The van der Waals surface area contributed by atoms with Crippen LogP contribution in [0.4, 0.5) is 13.2 Å². The molecule has 0 N–H and O–H groups in total. The lowest BCUT2D eigenvalue weighted by molar-refractivity contribution is -0.150. The highest BCUT2D eigenvalue weighted by molar-refractivity contribution is 9.10. The first kappa shape index (κ1) is 14.0. The van der Waals surface area contributed by atoms with E-state index in [-0.39, 0.29) is 6.04 Å². The van der Waals surface area contributed by atoms with Gasteiger partial charge in [-0.15, -0.1) is 11.3 Å². The Balaban J connectivity index is 2.69. The molecule has 0 unspecified atom stereocenters. The zero-order chi connectivity index (χ0) is 12.3. The highest BCUT2D eigenvalue weighted by Crippen LogP contribution is 2.26. The fourth-order valence-corrected chi connectivity index (χ4v) is 2.78. The summed E-state index contributed by atoms with van der Waals surface area (Å²) in [6.45, 7) is 3.00. The first-order valence-electron chi connectivity index (χ1n) is 4.82. The summed E-state index contributed by atoms with van der Waals surface area (Å²) in [6, 6.07) is 1.72. The molecule has 1 rings (SSSR count). The molecular formula is C10H13BrF3NS. The Morgan fingerprint density at radius 1 is 1.44 bits per heavy atom. The second kappa shape index (κ2) is 5.51. The van der Waals surface area contributed by atoms with Gasteiger partial charge in [0.1, 0.15) is 0 Å². The van der Waals surface area contributed by atoms with Gasteiger partial charge in [0.25, 0.3) is 0 Å². The topological polar surface area (TPSA) is 3.24 Å². The van der Waals surface area contributed by atoms with E-state index in [2.05, 4.69) is 15.9 Å². The quantitative estimate of drug-likeness (QED) is 0.801. The van der Waals surface area contributed by atoms with E-state index in [0.29, 0.717) is 6.54 Å². The van der Waals surface area contributed by atoms with Crippen LogP contribution >= 0.6 is 27.3 Å². The molecule has 16 heavy (non-hydrogen) atoms. The molecule has 1 nitrogen and oxygen atoms in total. The maximum Gasteiger partial charge on any atom is 0.401 e. The lowest BCUT2D eigenvalue weighted by Gasteiger charge is -2.27. The maximum absolute atomic E-state index is 12.3. The zero-order valence-corrected chi connectivity index (χ0v) is 11.4. The summed E-state index contributed by atoms with van der Waals surface area (Å²) >= 11 is 4.79. The Labute approximate surface area is 105 Å². The molecule has 1 aromatic rings. The maximum atomic E-state index is 12.3. The molecule has 0 spiro atoms. The van der Waals surface area contributed by atoms with Crippen molar-refractivity contribution < 1.29 is 13.2 Å². The van der Waals surface area contributed by atoms with Crippen LogP contribution in [0.3, 0.4) is 0 Å². The standard InChI is InChI=1S/C10H13BrF3NS/c1-7(2)15(6-10(12,13)14)5-9-8(11)3-4-16-9/h3-4,7H,5-6H2,1-2H3. The smallest absolute Gasteiger partial charge is 0.287 e. The van der Waals surface area contributed by atoms with Gasteiger partial charge in [0.15, 0.2) is 0 Å². The number of alkyl halides is 3. The molecule has 1 heterocycles. The summed E-state index contributed by atoms with van der Waals surface area (Å²) in [7, 11) is 0. The minimum absolute atomic E-state index is 0.129. The zero-order valence-electron chi connectivity index (χ0n) is 9.01. The van der Waals surface area contributed by atoms with Crippen LogP contribution < -0.4 is 0 Å². The van der Waals surface area contributed by atoms with Crippen molar-refractivity contribution in [3.8, 4) is 0 Å². The van der Waals surface area contributed by atoms with Gasteiger partial charge in [-0.25, -0.2) is 0 Å². The molecule has 0 atom stereocenters. The molecule has 0 aliphatic rings. The molecule has 0 fully saturated rings. The lowest BCUT2D eigenvalue weighted by Crippen LogP contribution is -2.38. The van der Waals surface area contributed by atoms with Gasteiger partial charge in [-0.2, -0.15) is 13.2 Å². The molecule has 0 aliphatic carbocycles. The third-order valence-corrected chi connectivity index (χ3v) is 4.06. The second-order valence-electron chi connectivity index (χ2n) is 3.81. The normalized spacial score (nSPS) is 12.8. The number of halogens is 4. The van der Waals surface area contributed by atoms with Crippen LogP contribution in [-0.4, -0.2) is 23.7 Å². The van der Waals surface area contributed by atoms with E-state index in [4.69, 9.17) is 0 Å². The van der Waals surface area contributed by atoms with Gasteiger partial charge in [-0.3, -0.25) is 4.90 Å². The van der Waals surface area contributed by atoms with Crippen LogP contribution in [0.1, 0.15) is 18.7 Å². The van der Waals surface area contributed by atoms with Crippen molar-refractivity contribution in [2.75, 3.05) is 6.54 Å². The summed E-state index contributed by atoms with van der Waals surface area (Å²) in [4.78, 5) is 2.34. The minimum atomic E-state index is -4.14. The summed E-state index contributed by atoms with van der Waals surface area (Å²) in [5.74, 6) is 0. The average molecular weight is 316 g/mol. The fraction of sp³-hybridized carbons (Fsp3) is 0.600. The van der Waals surface area contributed by atoms with E-state index < -0.39 is 12.7 Å². The Hall–Kier alpha value is -0.0700. The predicted octanol–water partition coefficient (Wildman–Crippen LogP) is 4.28. The largest absolute Gasteiger partial charge is 0.401 e. The highest BCUT2D eigenvalue weighted by atomic mass is 79.9. The number of thiophene rings is 1. The van der Waals surface area contributed by atoms with Crippen LogP contribution in [0, 0.1) is 0 Å². The molecule has 0 bridgehead atoms. The molecule has 6 heteroatoms.